The number of thiol groups is 1. The van der Waals surface area contributed by atoms with Gasteiger partial charge in [0.05, 0.1) is 31.9 Å². The van der Waals surface area contributed by atoms with E-state index in [1.165, 1.54) is 12.5 Å². The van der Waals surface area contributed by atoms with Gasteiger partial charge >= 0.3 is 17.9 Å². The highest BCUT2D eigenvalue weighted by molar-refractivity contribution is 7.80. The molecule has 0 bridgehead atoms. The number of aliphatic carboxylic acids is 3. The van der Waals surface area contributed by atoms with Crippen molar-refractivity contribution in [1.82, 2.24) is 52.5 Å². The van der Waals surface area contributed by atoms with E-state index in [0.717, 1.165) is 0 Å². The summed E-state index contributed by atoms with van der Waals surface area (Å²) in [5, 5.41) is 46.4. The number of guanidine groups is 1. The summed E-state index contributed by atoms with van der Waals surface area (Å²) < 4.78 is 0. The lowest BCUT2D eigenvalue weighted by Gasteiger charge is -2.24. The summed E-state index contributed by atoms with van der Waals surface area (Å²) in [4.78, 5) is 149. The van der Waals surface area contributed by atoms with E-state index in [2.05, 4.69) is 70.1 Å². The van der Waals surface area contributed by atoms with E-state index in [4.69, 9.17) is 22.3 Å². The fourth-order valence-electron chi connectivity index (χ4n) is 5.85. The minimum atomic E-state index is -1.87. The molecule has 2 rings (SSSR count). The Morgan fingerprint density at radius 2 is 1.22 bits per heavy atom. The molecule has 2 aromatic rings. The number of carboxylic acids is 3. The maximum atomic E-state index is 13.6. The number of nitrogens with two attached hydrogens (primary N) is 3. The molecule has 1 aromatic heterocycles. The van der Waals surface area contributed by atoms with E-state index in [1.54, 1.807) is 30.3 Å². The molecule has 28 nitrogen and oxygen atoms in total. The molecule has 1 unspecified atom stereocenters. The molecule has 6 atom stereocenters. The second-order valence-corrected chi connectivity index (χ2v) is 15.1. The Balaban J connectivity index is 2.15. The van der Waals surface area contributed by atoms with Crippen molar-refractivity contribution in [1.29, 1.82) is 0 Å². The summed E-state index contributed by atoms with van der Waals surface area (Å²) in [5.41, 5.74) is 17.6. The van der Waals surface area contributed by atoms with E-state index >= 15 is 0 Å². The molecular formula is C39H56N14O14S. The zero-order valence-corrected chi connectivity index (χ0v) is 37.3. The number of imidazole rings is 1. The molecule has 0 saturated carbocycles. The molecule has 372 valence electrons. The van der Waals surface area contributed by atoms with Crippen LogP contribution in [0.25, 0.3) is 0 Å². The van der Waals surface area contributed by atoms with Gasteiger partial charge in [0.15, 0.2) is 5.96 Å². The van der Waals surface area contributed by atoms with Gasteiger partial charge in [0.2, 0.25) is 47.3 Å². The smallest absolute Gasteiger partial charge is 0.326 e. The van der Waals surface area contributed by atoms with Crippen molar-refractivity contribution in [2.24, 2.45) is 22.2 Å². The van der Waals surface area contributed by atoms with Gasteiger partial charge in [0, 0.05) is 43.5 Å². The van der Waals surface area contributed by atoms with Crippen LogP contribution in [0.5, 0.6) is 0 Å². The van der Waals surface area contributed by atoms with Crippen LogP contribution in [-0.2, 0) is 65.6 Å². The molecule has 29 heteroatoms. The number of carbonyl (C=O) groups excluding carboxylic acids is 8. The topological polar surface area (TPSA) is 464 Å². The average molecular weight is 977 g/mol. The Hall–Kier alpha value is -7.82. The number of aliphatic imine (C=N–C) groups is 1. The number of benzene rings is 1. The number of aromatic nitrogens is 2. The Morgan fingerprint density at radius 1 is 0.647 bits per heavy atom. The molecule has 0 aliphatic heterocycles. The molecule has 0 spiro atoms. The predicted molar refractivity (Wildman–Crippen MR) is 240 cm³/mol. The van der Waals surface area contributed by atoms with Crippen LogP contribution in [0, 0.1) is 0 Å². The maximum absolute atomic E-state index is 13.6. The van der Waals surface area contributed by atoms with Gasteiger partial charge < -0.3 is 80.0 Å². The van der Waals surface area contributed by atoms with Crippen LogP contribution in [0.15, 0.2) is 47.8 Å². The summed E-state index contributed by atoms with van der Waals surface area (Å²) in [7, 11) is 0. The van der Waals surface area contributed by atoms with Crippen LogP contribution in [-0.4, -0.2) is 165 Å². The number of hydrogen-bond acceptors (Lipinski definition) is 15. The summed E-state index contributed by atoms with van der Waals surface area (Å²) >= 11 is 3.96. The highest BCUT2D eigenvalue weighted by Crippen LogP contribution is 2.08. The number of aromatic amines is 1. The molecule has 1 heterocycles. The van der Waals surface area contributed by atoms with Crippen LogP contribution < -0.4 is 59.7 Å². The minimum absolute atomic E-state index is 0.0439. The quantitative estimate of drug-likeness (QED) is 0.0145. The largest absolute Gasteiger partial charge is 0.481 e. The molecule has 0 aliphatic rings. The van der Waals surface area contributed by atoms with E-state index in [9.17, 15) is 63.0 Å². The van der Waals surface area contributed by atoms with Crippen molar-refractivity contribution in [3.05, 3.63) is 54.1 Å². The number of nitrogens with zero attached hydrogens (tertiary/aromatic N) is 2. The Labute approximate surface area is 392 Å². The zero-order chi connectivity index (χ0) is 50.8. The molecule has 8 amide bonds. The number of amides is 8. The number of H-pyrrole nitrogens is 1. The number of carboxylic acid groups (broad SMARTS) is 3. The Morgan fingerprint density at radius 3 is 1.79 bits per heavy atom. The number of carbonyl (C=O) groups is 11. The predicted octanol–water partition coefficient (Wildman–Crippen LogP) is -6.30. The van der Waals surface area contributed by atoms with Gasteiger partial charge in [-0.2, -0.15) is 12.6 Å². The van der Waals surface area contributed by atoms with Gasteiger partial charge in [0.25, 0.3) is 0 Å². The van der Waals surface area contributed by atoms with E-state index in [1.807, 2.05) is 0 Å². The molecular weight excluding hydrogens is 921 g/mol. The summed E-state index contributed by atoms with van der Waals surface area (Å²) in [6, 6.07) is -0.850. The first-order valence-corrected chi connectivity index (χ1v) is 21.2. The van der Waals surface area contributed by atoms with Gasteiger partial charge in [-0.3, -0.25) is 52.9 Å². The molecule has 18 N–H and O–H groups in total. The number of hydrogen-bond donors (Lipinski definition) is 16. The van der Waals surface area contributed by atoms with Crippen molar-refractivity contribution < 1.29 is 68.1 Å². The number of rotatable bonds is 31. The third-order valence-corrected chi connectivity index (χ3v) is 9.61. The minimum Gasteiger partial charge on any atom is -0.481 e. The third-order valence-electron chi connectivity index (χ3n) is 9.24. The number of nitrogens with one attached hydrogen (secondary N) is 9. The lowest BCUT2D eigenvalue weighted by molar-refractivity contribution is -0.143. The van der Waals surface area contributed by atoms with Crippen molar-refractivity contribution in [3.63, 3.8) is 0 Å². The first-order valence-electron chi connectivity index (χ1n) is 20.6. The second kappa shape index (κ2) is 29.7. The lowest BCUT2D eigenvalue weighted by atomic mass is 10.0. The second-order valence-electron chi connectivity index (χ2n) is 14.7. The lowest BCUT2D eigenvalue weighted by Crippen LogP contribution is -2.57. The van der Waals surface area contributed by atoms with E-state index < -0.39 is 140 Å². The fourth-order valence-corrected chi connectivity index (χ4v) is 6.10. The highest BCUT2D eigenvalue weighted by atomic mass is 32.1. The van der Waals surface area contributed by atoms with E-state index in [0.29, 0.717) is 11.3 Å². The van der Waals surface area contributed by atoms with Crippen LogP contribution in [0.4, 0.5) is 0 Å². The standard InChI is InChI=1S/C39H56N14O14S/c40-22(12-21-14-43-19-48-21)33(61)45-15-29(55)49-23(7-4-10-44-39(41)42)34(62)46-16-30(56)50-26(13-31(57)58)37(65)53-25(11-20-5-2-1-3-6-20)36(64)52-24(38(66)67)8-9-28(54)51-27(18-68)35(63)47-17-32(59)60/h1-3,5-6,14,19,22-27,68H,4,7-13,15-18,40H2,(H,43,48)(H,45,61)(H,46,62)(H,47,63)(H,49,55)(H,50,56)(H,51,54)(H,52,64)(H,53,65)(H,57,58)(H,59,60)(H,66,67)(H4,41,42,44)/t22-,23-,24?,25+,26-,27-/m0/s1. The monoisotopic (exact) mass is 976 g/mol. The molecule has 0 aliphatic carbocycles. The SMILES string of the molecule is NC(N)=NCCC[C@H](NC(=O)CNC(=O)[C@@H](N)Cc1cnc[nH]1)C(=O)NCC(=O)N[C@@H](CC(=O)O)C(=O)N[C@H](Cc1ccccc1)C(=O)NC(CCC(=O)N[C@@H](CS)C(=O)NCC(=O)O)C(=O)O. The van der Waals surface area contributed by atoms with Gasteiger partial charge in [-0.05, 0) is 24.8 Å². The van der Waals surface area contributed by atoms with Crippen LogP contribution in [0.2, 0.25) is 0 Å². The highest BCUT2D eigenvalue weighted by Gasteiger charge is 2.32. The van der Waals surface area contributed by atoms with Gasteiger partial charge in [-0.15, -0.1) is 0 Å². The zero-order valence-electron chi connectivity index (χ0n) is 36.4. The molecule has 0 radical (unpaired) electrons. The third kappa shape index (κ3) is 22.4. The van der Waals surface area contributed by atoms with Crippen molar-refractivity contribution in [3.8, 4) is 0 Å². The maximum Gasteiger partial charge on any atom is 0.326 e. The first-order chi connectivity index (χ1) is 32.2. The molecule has 0 fully saturated rings. The van der Waals surface area contributed by atoms with Crippen molar-refractivity contribution in [2.75, 3.05) is 31.9 Å². The van der Waals surface area contributed by atoms with Crippen molar-refractivity contribution in [2.45, 2.75) is 81.2 Å². The Bertz CT molecular complexity index is 2110. The van der Waals surface area contributed by atoms with Gasteiger partial charge in [-0.25, -0.2) is 9.78 Å². The van der Waals surface area contributed by atoms with E-state index in [-0.39, 0.29) is 43.9 Å². The van der Waals surface area contributed by atoms with Crippen LogP contribution >= 0.6 is 12.6 Å². The van der Waals surface area contributed by atoms with Gasteiger partial charge in [0.1, 0.15) is 36.8 Å². The van der Waals surface area contributed by atoms with Crippen molar-refractivity contribution >= 4 is 83.8 Å². The molecule has 0 saturated heterocycles. The summed E-state index contributed by atoms with van der Waals surface area (Å²) in [6.07, 6.45) is 0.648. The molecule has 1 aromatic carbocycles. The normalized spacial score (nSPS) is 13.3. The fraction of sp³-hybridized carbons (Fsp3) is 0.462. The van der Waals surface area contributed by atoms with Crippen LogP contribution in [0.1, 0.15) is 43.4 Å². The summed E-state index contributed by atoms with van der Waals surface area (Å²) in [6.45, 7) is -2.14. The molecule has 68 heavy (non-hydrogen) atoms. The summed E-state index contributed by atoms with van der Waals surface area (Å²) in [5.74, 6) is -12.5. The first kappa shape index (κ1) is 56.3. The van der Waals surface area contributed by atoms with Crippen LogP contribution in [0.3, 0.4) is 0 Å². The Kier molecular flexibility index (Phi) is 24.6. The van der Waals surface area contributed by atoms with Gasteiger partial charge in [-0.1, -0.05) is 30.3 Å². The average Bonchev–Trinajstić information content (AvgIpc) is 3.80.